The summed E-state index contributed by atoms with van der Waals surface area (Å²) in [5, 5.41) is 15.3. The van der Waals surface area contributed by atoms with E-state index in [0.717, 1.165) is 17.3 Å². The first-order valence-corrected chi connectivity index (χ1v) is 12.9. The minimum absolute atomic E-state index is 0.00379. The zero-order valence-corrected chi connectivity index (χ0v) is 21.4. The maximum absolute atomic E-state index is 12.4. The quantitative estimate of drug-likeness (QED) is 0.446. The van der Waals surface area contributed by atoms with Gasteiger partial charge < -0.3 is 5.32 Å². The summed E-state index contributed by atoms with van der Waals surface area (Å²) in [7, 11) is -2.34. The number of anilines is 1. The number of carbonyl (C=O) groups excluding carboxylic acids is 1. The van der Waals surface area contributed by atoms with Crippen LogP contribution in [0.2, 0.25) is 10.0 Å². The zero-order valence-electron chi connectivity index (χ0n) is 18.3. The Bertz CT molecular complexity index is 1290. The second kappa shape index (κ2) is 9.98. The number of nitrogens with zero attached hydrogens (tertiary/aromatic N) is 4. The number of hydrogen-bond donors (Lipinski definition) is 2. The molecule has 0 saturated carbocycles. The molecule has 9 nitrogen and oxygen atoms in total. The van der Waals surface area contributed by atoms with Crippen molar-refractivity contribution in [2.75, 3.05) is 18.1 Å². The lowest BCUT2D eigenvalue weighted by molar-refractivity contribution is -0.113. The van der Waals surface area contributed by atoms with Gasteiger partial charge in [-0.05, 0) is 58.8 Å². The molecule has 33 heavy (non-hydrogen) atoms. The summed E-state index contributed by atoms with van der Waals surface area (Å²) in [5.74, 6) is -0.375. The van der Waals surface area contributed by atoms with Gasteiger partial charge in [-0.1, -0.05) is 61.8 Å². The monoisotopic (exact) mass is 528 g/mol. The molecule has 1 heterocycles. The molecule has 0 aliphatic carbocycles. The molecule has 0 bridgehead atoms. The number of sulfonamides is 1. The Hall–Kier alpha value is -2.18. The number of halogens is 2. The summed E-state index contributed by atoms with van der Waals surface area (Å²) in [6, 6.07) is 9.72. The third-order valence-electron chi connectivity index (χ3n) is 4.61. The van der Waals surface area contributed by atoms with Crippen molar-refractivity contribution in [3.05, 3.63) is 52.0 Å². The van der Waals surface area contributed by atoms with Crippen LogP contribution in [0.15, 0.2) is 46.5 Å². The number of rotatable bonds is 7. The largest absolute Gasteiger partial charge is 0.324 e. The molecule has 3 rings (SSSR count). The van der Waals surface area contributed by atoms with Gasteiger partial charge in [-0.15, -0.1) is 5.10 Å². The molecule has 176 valence electrons. The third kappa shape index (κ3) is 6.04. The molecule has 0 aliphatic heterocycles. The van der Waals surface area contributed by atoms with Crippen molar-refractivity contribution in [1.29, 1.82) is 0 Å². The van der Waals surface area contributed by atoms with Crippen LogP contribution >= 0.6 is 35.0 Å². The van der Waals surface area contributed by atoms with Gasteiger partial charge in [0.25, 0.3) is 0 Å². The zero-order chi connectivity index (χ0) is 24.4. The van der Waals surface area contributed by atoms with Crippen LogP contribution < -0.4 is 10.0 Å². The molecule has 0 unspecified atom stereocenters. The summed E-state index contributed by atoms with van der Waals surface area (Å²) >= 11 is 13.7. The van der Waals surface area contributed by atoms with Gasteiger partial charge in [-0.3, -0.25) is 4.79 Å². The summed E-state index contributed by atoms with van der Waals surface area (Å²) in [6.07, 6.45) is 0. The Morgan fingerprint density at radius 3 is 2.45 bits per heavy atom. The molecule has 1 aromatic heterocycles. The maximum Gasteiger partial charge on any atom is 0.240 e. The Kier molecular flexibility index (Phi) is 7.69. The average Bonchev–Trinajstić information content (AvgIpc) is 3.21. The van der Waals surface area contributed by atoms with Gasteiger partial charge in [0, 0.05) is 0 Å². The first-order chi connectivity index (χ1) is 15.4. The van der Waals surface area contributed by atoms with Crippen LogP contribution in [0.1, 0.15) is 26.3 Å². The highest BCUT2D eigenvalue weighted by molar-refractivity contribution is 7.99. The second-order valence-electron chi connectivity index (χ2n) is 7.98. The van der Waals surface area contributed by atoms with Gasteiger partial charge in [0.1, 0.15) is 0 Å². The van der Waals surface area contributed by atoms with Crippen LogP contribution in [0.5, 0.6) is 0 Å². The van der Waals surface area contributed by atoms with Crippen LogP contribution in [0.4, 0.5) is 5.69 Å². The van der Waals surface area contributed by atoms with Gasteiger partial charge in [-0.2, -0.15) is 4.68 Å². The normalized spacial score (nSPS) is 12.1. The molecule has 0 atom stereocenters. The highest BCUT2D eigenvalue weighted by Crippen LogP contribution is 2.30. The van der Waals surface area contributed by atoms with Crippen molar-refractivity contribution < 1.29 is 13.2 Å². The molecule has 13 heteroatoms. The minimum Gasteiger partial charge on any atom is -0.324 e. The Labute approximate surface area is 206 Å². The van der Waals surface area contributed by atoms with E-state index in [1.807, 2.05) is 18.2 Å². The van der Waals surface area contributed by atoms with E-state index in [9.17, 15) is 13.2 Å². The smallest absolute Gasteiger partial charge is 0.240 e. The number of thioether (sulfide) groups is 1. The first kappa shape index (κ1) is 25.4. The van der Waals surface area contributed by atoms with E-state index < -0.39 is 10.0 Å². The lowest BCUT2D eigenvalue weighted by Crippen LogP contribution is -2.19. The molecule has 1 amide bonds. The molecule has 2 N–H and O–H groups in total. The van der Waals surface area contributed by atoms with Crippen molar-refractivity contribution in [3.63, 3.8) is 0 Å². The molecule has 0 aliphatic rings. The molecule has 0 radical (unpaired) electrons. The first-order valence-electron chi connectivity index (χ1n) is 9.67. The number of benzene rings is 2. The van der Waals surface area contributed by atoms with Crippen molar-refractivity contribution in [2.45, 2.75) is 36.2 Å². The van der Waals surface area contributed by atoms with Gasteiger partial charge in [0.05, 0.1) is 32.1 Å². The van der Waals surface area contributed by atoms with Crippen molar-refractivity contribution in [3.8, 4) is 5.69 Å². The molecule has 0 spiro atoms. The van der Waals surface area contributed by atoms with Gasteiger partial charge >= 0.3 is 0 Å². The van der Waals surface area contributed by atoms with E-state index in [-0.39, 0.29) is 32.7 Å². The molecular weight excluding hydrogens is 507 g/mol. The van der Waals surface area contributed by atoms with E-state index in [2.05, 4.69) is 46.3 Å². The van der Waals surface area contributed by atoms with Gasteiger partial charge in [0.15, 0.2) is 0 Å². The summed E-state index contributed by atoms with van der Waals surface area (Å²) < 4.78 is 27.4. The van der Waals surface area contributed by atoms with Crippen LogP contribution in [0.25, 0.3) is 5.69 Å². The van der Waals surface area contributed by atoms with Crippen LogP contribution in [0, 0.1) is 0 Å². The van der Waals surface area contributed by atoms with Crippen LogP contribution in [0.3, 0.4) is 0 Å². The fourth-order valence-corrected chi connectivity index (χ4v) is 4.76. The number of nitrogens with one attached hydrogen (secondary N) is 2. The Balaban J connectivity index is 1.70. The standard InChI is InChI=1S/C20H22Cl2N6O3S2/c1-20(2,3)12-5-8-17(15(22)9-12)28-19(25-26-27-28)32-11-18(29)24-16-7-6-13(10-14(16)21)33(30,31)23-4/h5-10,23H,11H2,1-4H3,(H,24,29). The van der Waals surface area contributed by atoms with E-state index in [1.54, 1.807) is 0 Å². The van der Waals surface area contributed by atoms with E-state index >= 15 is 0 Å². The van der Waals surface area contributed by atoms with Gasteiger partial charge in [-0.25, -0.2) is 13.1 Å². The molecule has 0 fully saturated rings. The topological polar surface area (TPSA) is 119 Å². The second-order valence-corrected chi connectivity index (χ2v) is 11.6. The maximum atomic E-state index is 12.4. The molecular formula is C20H22Cl2N6O3S2. The van der Waals surface area contributed by atoms with E-state index in [0.29, 0.717) is 15.9 Å². The number of hydrogen-bond acceptors (Lipinski definition) is 7. The van der Waals surface area contributed by atoms with Gasteiger partial charge in [0.2, 0.25) is 21.1 Å². The fraction of sp³-hybridized carbons (Fsp3) is 0.300. The number of aromatic nitrogens is 4. The summed E-state index contributed by atoms with van der Waals surface area (Å²) in [5.41, 5.74) is 1.90. The highest BCUT2D eigenvalue weighted by Gasteiger charge is 2.19. The highest BCUT2D eigenvalue weighted by atomic mass is 35.5. The lowest BCUT2D eigenvalue weighted by Gasteiger charge is -2.20. The Morgan fingerprint density at radius 2 is 1.85 bits per heavy atom. The van der Waals surface area contributed by atoms with Crippen LogP contribution in [-0.4, -0.2) is 47.3 Å². The molecule has 3 aromatic rings. The number of tetrazole rings is 1. The van der Waals surface area contributed by atoms with Crippen LogP contribution in [-0.2, 0) is 20.2 Å². The van der Waals surface area contributed by atoms with Crippen molar-refractivity contribution in [2.24, 2.45) is 0 Å². The average molecular weight is 529 g/mol. The van der Waals surface area contributed by atoms with E-state index in [1.165, 1.54) is 29.9 Å². The predicted octanol–water partition coefficient (Wildman–Crippen LogP) is 3.91. The summed E-state index contributed by atoms with van der Waals surface area (Å²) in [4.78, 5) is 12.4. The molecule has 0 saturated heterocycles. The van der Waals surface area contributed by atoms with E-state index in [4.69, 9.17) is 23.2 Å². The molecule has 2 aromatic carbocycles. The fourth-order valence-electron chi connectivity index (χ4n) is 2.76. The SMILES string of the molecule is CNS(=O)(=O)c1ccc(NC(=O)CSc2nnnn2-c2ccc(C(C)(C)C)cc2Cl)c(Cl)c1. The third-order valence-corrected chi connectivity index (χ3v) is 7.56. The predicted molar refractivity (Wildman–Crippen MR) is 130 cm³/mol. The number of carbonyl (C=O) groups is 1. The Morgan fingerprint density at radius 1 is 1.12 bits per heavy atom. The lowest BCUT2D eigenvalue weighted by atomic mass is 9.87. The minimum atomic E-state index is -3.64. The van der Waals surface area contributed by atoms with Crippen molar-refractivity contribution >= 4 is 56.6 Å². The van der Waals surface area contributed by atoms with Crippen molar-refractivity contribution in [1.82, 2.24) is 24.9 Å². The summed E-state index contributed by atoms with van der Waals surface area (Å²) in [6.45, 7) is 6.28. The number of amides is 1.